The molecular formula is C13H19Ti-. The molecule has 0 aromatic rings. The molecule has 0 radical (unpaired) electrons. The molecule has 0 spiro atoms. The van der Waals surface area contributed by atoms with Crippen LogP contribution in [0.15, 0.2) is 16.7 Å². The zero-order chi connectivity index (χ0) is 9.26. The van der Waals surface area contributed by atoms with E-state index in [0.29, 0.717) is 0 Å². The molecule has 1 unspecified atom stereocenters. The van der Waals surface area contributed by atoms with Gasteiger partial charge in [0.25, 0.3) is 0 Å². The van der Waals surface area contributed by atoms with Gasteiger partial charge < -0.3 is 0 Å². The van der Waals surface area contributed by atoms with Crippen LogP contribution in [-0.2, 0) is 21.7 Å². The third-order valence-corrected chi connectivity index (χ3v) is 3.45. The van der Waals surface area contributed by atoms with Crippen LogP contribution >= 0.6 is 0 Å². The zero-order valence-electron chi connectivity index (χ0n) is 9.32. The van der Waals surface area contributed by atoms with E-state index in [1.165, 1.54) is 38.5 Å². The Balaban J connectivity index is 0.000000980. The first-order chi connectivity index (χ1) is 6.36. The molecule has 2 aliphatic rings. The normalized spacial score (nSPS) is 25.6. The van der Waals surface area contributed by atoms with Crippen LogP contribution in [0.1, 0.15) is 52.4 Å². The molecule has 2 aliphatic carbocycles. The number of hydrogen-bond acceptors (Lipinski definition) is 0. The Morgan fingerprint density at radius 1 is 1.21 bits per heavy atom. The van der Waals surface area contributed by atoms with Gasteiger partial charge in [-0.2, -0.15) is 5.57 Å². The Bertz CT molecular complexity index is 260. The molecule has 1 atom stereocenters. The number of hydrogen-bond donors (Lipinski definition) is 0. The first-order valence-corrected chi connectivity index (χ1v) is 5.71. The fourth-order valence-electron chi connectivity index (χ4n) is 2.77. The first kappa shape index (κ1) is 12.3. The predicted octanol–water partition coefficient (Wildman–Crippen LogP) is 4.03. The second kappa shape index (κ2) is 5.33. The van der Waals surface area contributed by atoms with Crippen LogP contribution in [0.5, 0.6) is 0 Å². The molecule has 0 aromatic heterocycles. The van der Waals surface area contributed by atoms with Gasteiger partial charge in [0.05, 0.1) is 0 Å². The van der Waals surface area contributed by atoms with E-state index in [1.807, 2.05) is 0 Å². The van der Waals surface area contributed by atoms with Crippen LogP contribution in [0, 0.1) is 12.0 Å². The first-order valence-electron chi connectivity index (χ1n) is 5.71. The maximum absolute atomic E-state index is 3.64. The van der Waals surface area contributed by atoms with E-state index < -0.39 is 0 Å². The third-order valence-electron chi connectivity index (χ3n) is 3.45. The van der Waals surface area contributed by atoms with Crippen molar-refractivity contribution in [3.05, 3.63) is 22.8 Å². The summed E-state index contributed by atoms with van der Waals surface area (Å²) in [5.41, 5.74) is 4.90. The fraction of sp³-hybridized carbons (Fsp3) is 0.692. The van der Waals surface area contributed by atoms with Crippen LogP contribution in [-0.4, -0.2) is 0 Å². The summed E-state index contributed by atoms with van der Waals surface area (Å²) in [6, 6.07) is 0. The smallest absolute Gasteiger partial charge is 0 e. The SMILES string of the molecule is CCC1=[C-]C2=C(CCCC2)C1CC.[Ti]. The predicted molar refractivity (Wildman–Crippen MR) is 56.3 cm³/mol. The molecule has 1 heteroatoms. The van der Waals surface area contributed by atoms with Gasteiger partial charge in [-0.05, 0) is 0 Å². The average Bonchev–Trinajstić information content (AvgIpc) is 2.55. The summed E-state index contributed by atoms with van der Waals surface area (Å²) in [6.45, 7) is 4.58. The van der Waals surface area contributed by atoms with Gasteiger partial charge in [-0.15, -0.1) is 0 Å². The molecule has 0 fully saturated rings. The van der Waals surface area contributed by atoms with Crippen molar-refractivity contribution >= 4 is 0 Å². The third kappa shape index (κ3) is 2.07. The number of rotatable bonds is 2. The molecule has 14 heavy (non-hydrogen) atoms. The molecule has 0 bridgehead atoms. The molecule has 0 saturated heterocycles. The van der Waals surface area contributed by atoms with Crippen molar-refractivity contribution in [3.8, 4) is 0 Å². The second-order valence-corrected chi connectivity index (χ2v) is 4.18. The van der Waals surface area contributed by atoms with E-state index in [4.69, 9.17) is 0 Å². The Morgan fingerprint density at radius 3 is 2.57 bits per heavy atom. The summed E-state index contributed by atoms with van der Waals surface area (Å²) >= 11 is 0. The monoisotopic (exact) mass is 223 g/mol. The van der Waals surface area contributed by atoms with Crippen molar-refractivity contribution in [1.82, 2.24) is 0 Å². The van der Waals surface area contributed by atoms with Gasteiger partial charge in [-0.25, -0.2) is 17.2 Å². The molecule has 0 aromatic carbocycles. The minimum Gasteiger partial charge on any atom is -0.249 e. The van der Waals surface area contributed by atoms with Crippen molar-refractivity contribution in [3.63, 3.8) is 0 Å². The zero-order valence-corrected chi connectivity index (χ0v) is 10.9. The molecular weight excluding hydrogens is 204 g/mol. The van der Waals surface area contributed by atoms with Crippen molar-refractivity contribution in [2.45, 2.75) is 52.4 Å². The summed E-state index contributed by atoms with van der Waals surface area (Å²) in [7, 11) is 0. The quantitative estimate of drug-likeness (QED) is 0.489. The van der Waals surface area contributed by atoms with Crippen LogP contribution < -0.4 is 0 Å². The summed E-state index contributed by atoms with van der Waals surface area (Å²) in [5, 5.41) is 0. The van der Waals surface area contributed by atoms with E-state index >= 15 is 0 Å². The molecule has 0 nitrogen and oxygen atoms in total. The van der Waals surface area contributed by atoms with Gasteiger partial charge in [0.15, 0.2) is 0 Å². The van der Waals surface area contributed by atoms with Gasteiger partial charge in [-0.3, -0.25) is 0 Å². The van der Waals surface area contributed by atoms with Crippen LogP contribution in [0.4, 0.5) is 0 Å². The van der Waals surface area contributed by atoms with Gasteiger partial charge in [0, 0.05) is 21.7 Å². The molecule has 0 saturated carbocycles. The topological polar surface area (TPSA) is 0 Å². The van der Waals surface area contributed by atoms with Gasteiger partial charge in [-0.1, -0.05) is 58.3 Å². The van der Waals surface area contributed by atoms with E-state index in [0.717, 1.165) is 5.92 Å². The molecule has 0 aliphatic heterocycles. The van der Waals surface area contributed by atoms with Crippen molar-refractivity contribution in [2.24, 2.45) is 5.92 Å². The van der Waals surface area contributed by atoms with Crippen LogP contribution in [0.2, 0.25) is 0 Å². The van der Waals surface area contributed by atoms with Gasteiger partial charge in [0.2, 0.25) is 0 Å². The second-order valence-electron chi connectivity index (χ2n) is 4.18. The van der Waals surface area contributed by atoms with Crippen molar-refractivity contribution in [2.75, 3.05) is 0 Å². The summed E-state index contributed by atoms with van der Waals surface area (Å²) in [4.78, 5) is 0. The van der Waals surface area contributed by atoms with Crippen LogP contribution in [0.3, 0.4) is 0 Å². The van der Waals surface area contributed by atoms with Crippen molar-refractivity contribution in [1.29, 1.82) is 0 Å². The maximum atomic E-state index is 3.64. The molecule has 2 rings (SSSR count). The maximum Gasteiger partial charge on any atom is 0 e. The minimum atomic E-state index is 0. The van der Waals surface area contributed by atoms with Gasteiger partial charge >= 0.3 is 0 Å². The van der Waals surface area contributed by atoms with E-state index in [-0.39, 0.29) is 21.7 Å². The Kier molecular flexibility index (Phi) is 4.67. The van der Waals surface area contributed by atoms with Gasteiger partial charge in [0.1, 0.15) is 0 Å². The van der Waals surface area contributed by atoms with E-state index in [9.17, 15) is 0 Å². The standard InChI is InChI=1S/C13H19.Ti/c1-3-10-9-11-7-5-6-8-13(11)12(10)4-2;/h12H,3-8H2,1-2H3;/q-1;. The van der Waals surface area contributed by atoms with E-state index in [1.54, 1.807) is 16.7 Å². The average molecular weight is 223 g/mol. The largest absolute Gasteiger partial charge is 0.249 e. The molecule has 0 N–H and O–H groups in total. The van der Waals surface area contributed by atoms with Crippen molar-refractivity contribution < 1.29 is 21.7 Å². The molecule has 0 heterocycles. The van der Waals surface area contributed by atoms with Crippen LogP contribution in [0.25, 0.3) is 0 Å². The molecule has 76 valence electrons. The fourth-order valence-corrected chi connectivity index (χ4v) is 2.77. The summed E-state index contributed by atoms with van der Waals surface area (Å²) in [5.74, 6) is 0.778. The Labute approximate surface area is 103 Å². The Morgan fingerprint density at radius 2 is 1.93 bits per heavy atom. The number of allylic oxidation sites excluding steroid dienone is 4. The van der Waals surface area contributed by atoms with E-state index in [2.05, 4.69) is 19.9 Å². The molecule has 0 amide bonds. The minimum absolute atomic E-state index is 0. The summed E-state index contributed by atoms with van der Waals surface area (Å²) < 4.78 is 0. The Hall–Kier alpha value is 0.194. The summed E-state index contributed by atoms with van der Waals surface area (Å²) in [6.07, 6.45) is 11.6.